The molecule has 0 unspecified atom stereocenters. The zero-order chi connectivity index (χ0) is 13.4. The predicted molar refractivity (Wildman–Crippen MR) is 73.1 cm³/mol. The largest absolute Gasteiger partial charge is 0.476 e. The van der Waals surface area contributed by atoms with Crippen molar-refractivity contribution in [2.45, 2.75) is 0 Å². The van der Waals surface area contributed by atoms with Gasteiger partial charge in [0.1, 0.15) is 0 Å². The van der Waals surface area contributed by atoms with Crippen LogP contribution in [-0.2, 0) is 0 Å². The number of aromatic carboxylic acids is 1. The zero-order valence-corrected chi connectivity index (χ0v) is 11.2. The summed E-state index contributed by atoms with van der Waals surface area (Å²) in [4.78, 5) is 15.1. The smallest absolute Gasteiger partial charge is 0.356 e. The van der Waals surface area contributed by atoms with Crippen LogP contribution in [0.1, 0.15) is 10.5 Å². The van der Waals surface area contributed by atoms with Crippen LogP contribution in [0.5, 0.6) is 0 Å². The van der Waals surface area contributed by atoms with E-state index in [9.17, 15) is 4.79 Å². The first-order valence-electron chi connectivity index (χ1n) is 5.48. The van der Waals surface area contributed by atoms with Gasteiger partial charge >= 0.3 is 5.97 Å². The van der Waals surface area contributed by atoms with Gasteiger partial charge in [0.25, 0.3) is 0 Å². The Hall–Kier alpha value is -2.21. The number of hydrogen-bond acceptors (Lipinski definition) is 3. The van der Waals surface area contributed by atoms with Crippen LogP contribution in [0.4, 0.5) is 0 Å². The van der Waals surface area contributed by atoms with E-state index < -0.39 is 5.97 Å². The van der Waals surface area contributed by atoms with Crippen molar-refractivity contribution in [1.82, 2.24) is 14.6 Å². The molecular formula is C13H8BrN3O2. The standard InChI is InChI=1S/C13H8BrN3O2/c14-10-3-1-8(2-4-10)9-6-15-12-5-11(13(18)19)16-17(12)7-9/h1-7H,(H,18,19). The van der Waals surface area contributed by atoms with Crippen molar-refractivity contribution in [2.75, 3.05) is 0 Å². The molecule has 0 radical (unpaired) electrons. The summed E-state index contributed by atoms with van der Waals surface area (Å²) in [5.74, 6) is -1.06. The molecule has 19 heavy (non-hydrogen) atoms. The van der Waals surface area contributed by atoms with E-state index >= 15 is 0 Å². The second kappa shape index (κ2) is 4.47. The molecule has 1 aromatic carbocycles. The highest BCUT2D eigenvalue weighted by molar-refractivity contribution is 9.10. The minimum absolute atomic E-state index is 0.0135. The third kappa shape index (κ3) is 2.22. The third-order valence-corrected chi connectivity index (χ3v) is 3.24. The van der Waals surface area contributed by atoms with Crippen LogP contribution in [0.15, 0.2) is 47.2 Å². The van der Waals surface area contributed by atoms with E-state index in [2.05, 4.69) is 26.0 Å². The molecule has 0 amide bonds. The lowest BCUT2D eigenvalue weighted by atomic mass is 10.1. The van der Waals surface area contributed by atoms with Crippen molar-refractivity contribution in [3.05, 3.63) is 52.9 Å². The maximum absolute atomic E-state index is 10.9. The first-order chi connectivity index (χ1) is 9.13. The lowest BCUT2D eigenvalue weighted by Crippen LogP contribution is -1.97. The van der Waals surface area contributed by atoms with Gasteiger partial charge in [-0.05, 0) is 17.7 Å². The van der Waals surface area contributed by atoms with Crippen molar-refractivity contribution in [1.29, 1.82) is 0 Å². The quantitative estimate of drug-likeness (QED) is 0.789. The molecule has 94 valence electrons. The molecular weight excluding hydrogens is 310 g/mol. The van der Waals surface area contributed by atoms with Gasteiger partial charge in [-0.25, -0.2) is 14.3 Å². The maximum Gasteiger partial charge on any atom is 0.356 e. The number of aromatic nitrogens is 3. The number of halogens is 1. The first-order valence-corrected chi connectivity index (χ1v) is 6.27. The first kappa shape index (κ1) is 11.9. The molecule has 0 aliphatic carbocycles. The maximum atomic E-state index is 10.9. The van der Waals surface area contributed by atoms with E-state index in [-0.39, 0.29) is 5.69 Å². The van der Waals surface area contributed by atoms with Crippen LogP contribution in [0, 0.1) is 0 Å². The number of hydrogen-bond donors (Lipinski definition) is 1. The van der Waals surface area contributed by atoms with E-state index in [1.807, 2.05) is 24.3 Å². The van der Waals surface area contributed by atoms with Crippen LogP contribution in [0.3, 0.4) is 0 Å². The molecule has 1 N–H and O–H groups in total. The molecule has 5 nitrogen and oxygen atoms in total. The summed E-state index contributed by atoms with van der Waals surface area (Å²) in [5.41, 5.74) is 2.36. The van der Waals surface area contributed by atoms with Crippen molar-refractivity contribution in [3.8, 4) is 11.1 Å². The highest BCUT2D eigenvalue weighted by Gasteiger charge is 2.10. The number of carboxylic acid groups (broad SMARTS) is 1. The molecule has 2 aromatic heterocycles. The third-order valence-electron chi connectivity index (χ3n) is 2.71. The highest BCUT2D eigenvalue weighted by Crippen LogP contribution is 2.21. The number of fused-ring (bicyclic) bond motifs is 1. The molecule has 0 saturated carbocycles. The second-order valence-electron chi connectivity index (χ2n) is 3.99. The Bertz CT molecular complexity index is 765. The van der Waals surface area contributed by atoms with Gasteiger partial charge < -0.3 is 5.11 Å². The van der Waals surface area contributed by atoms with Gasteiger partial charge in [0, 0.05) is 28.5 Å². The van der Waals surface area contributed by atoms with Crippen molar-refractivity contribution in [3.63, 3.8) is 0 Å². The Morgan fingerprint density at radius 1 is 1.21 bits per heavy atom. The summed E-state index contributed by atoms with van der Waals surface area (Å²) in [6, 6.07) is 9.22. The molecule has 0 spiro atoms. The molecule has 0 aliphatic heterocycles. The van der Waals surface area contributed by atoms with E-state index in [1.165, 1.54) is 10.6 Å². The van der Waals surface area contributed by atoms with Gasteiger partial charge in [-0.15, -0.1) is 0 Å². The highest BCUT2D eigenvalue weighted by atomic mass is 79.9. The summed E-state index contributed by atoms with van der Waals surface area (Å²) in [6.45, 7) is 0. The van der Waals surface area contributed by atoms with E-state index in [0.29, 0.717) is 5.65 Å². The Morgan fingerprint density at radius 3 is 2.63 bits per heavy atom. The van der Waals surface area contributed by atoms with Gasteiger partial charge in [0.2, 0.25) is 0 Å². The van der Waals surface area contributed by atoms with Crippen LogP contribution >= 0.6 is 15.9 Å². The van der Waals surface area contributed by atoms with Crippen LogP contribution < -0.4 is 0 Å². The van der Waals surface area contributed by atoms with Crippen molar-refractivity contribution < 1.29 is 9.90 Å². The van der Waals surface area contributed by atoms with Crippen LogP contribution in [0.2, 0.25) is 0 Å². The topological polar surface area (TPSA) is 67.5 Å². The van der Waals surface area contributed by atoms with Gasteiger partial charge in [-0.1, -0.05) is 28.1 Å². The molecule has 3 rings (SSSR count). The van der Waals surface area contributed by atoms with Crippen molar-refractivity contribution >= 4 is 27.5 Å². The van der Waals surface area contributed by atoms with Crippen LogP contribution in [0.25, 0.3) is 16.8 Å². The fraction of sp³-hybridized carbons (Fsp3) is 0. The SMILES string of the molecule is O=C(O)c1cc2ncc(-c3ccc(Br)cc3)cn2n1. The monoisotopic (exact) mass is 317 g/mol. The summed E-state index contributed by atoms with van der Waals surface area (Å²) < 4.78 is 2.47. The van der Waals surface area contributed by atoms with E-state index in [0.717, 1.165) is 15.6 Å². The van der Waals surface area contributed by atoms with Gasteiger partial charge in [0.05, 0.1) is 0 Å². The molecule has 6 heteroatoms. The van der Waals surface area contributed by atoms with Gasteiger partial charge in [0.15, 0.2) is 11.3 Å². The van der Waals surface area contributed by atoms with Crippen LogP contribution in [-0.4, -0.2) is 25.7 Å². The number of carbonyl (C=O) groups is 1. The summed E-state index contributed by atoms with van der Waals surface area (Å²) in [6.07, 6.45) is 3.46. The Balaban J connectivity index is 2.10. The Labute approximate surface area is 116 Å². The fourth-order valence-corrected chi connectivity index (χ4v) is 2.04. The minimum atomic E-state index is -1.06. The molecule has 2 heterocycles. The Morgan fingerprint density at radius 2 is 1.95 bits per heavy atom. The van der Waals surface area contributed by atoms with Crippen molar-refractivity contribution in [2.24, 2.45) is 0 Å². The Kier molecular flexibility index (Phi) is 2.79. The van der Waals surface area contributed by atoms with E-state index in [1.54, 1.807) is 12.4 Å². The van der Waals surface area contributed by atoms with Gasteiger partial charge in [-0.3, -0.25) is 0 Å². The molecule has 0 atom stereocenters. The predicted octanol–water partition coefficient (Wildman–Crippen LogP) is 2.86. The zero-order valence-electron chi connectivity index (χ0n) is 9.62. The van der Waals surface area contributed by atoms with E-state index in [4.69, 9.17) is 5.11 Å². The average Bonchev–Trinajstić information content (AvgIpc) is 2.82. The normalized spacial score (nSPS) is 10.8. The number of rotatable bonds is 2. The molecule has 0 saturated heterocycles. The lowest BCUT2D eigenvalue weighted by molar-refractivity contribution is 0.0690. The summed E-state index contributed by atoms with van der Waals surface area (Å²) in [5, 5.41) is 12.9. The fourth-order valence-electron chi connectivity index (χ4n) is 1.77. The summed E-state index contributed by atoms with van der Waals surface area (Å²) in [7, 11) is 0. The number of carboxylic acids is 1. The molecule has 3 aromatic rings. The number of nitrogens with zero attached hydrogens (tertiary/aromatic N) is 3. The molecule has 0 fully saturated rings. The number of benzene rings is 1. The average molecular weight is 318 g/mol. The molecule has 0 aliphatic rings. The summed E-state index contributed by atoms with van der Waals surface area (Å²) >= 11 is 3.38. The second-order valence-corrected chi connectivity index (χ2v) is 4.90. The van der Waals surface area contributed by atoms with Gasteiger partial charge in [-0.2, -0.15) is 5.10 Å². The molecule has 0 bridgehead atoms. The minimum Gasteiger partial charge on any atom is -0.476 e. The lowest BCUT2D eigenvalue weighted by Gasteiger charge is -2.01.